The van der Waals surface area contributed by atoms with E-state index in [1.807, 2.05) is 0 Å². The van der Waals surface area contributed by atoms with Crippen LogP contribution in [-0.4, -0.2) is 9.13 Å². The van der Waals surface area contributed by atoms with Gasteiger partial charge in [0, 0.05) is 32.5 Å². The summed E-state index contributed by atoms with van der Waals surface area (Å²) >= 11 is 0. The molecule has 0 amide bonds. The normalized spacial score (nSPS) is 25.2. The second-order valence-electron chi connectivity index (χ2n) is 15.3. The minimum atomic E-state index is 0.0948. The van der Waals surface area contributed by atoms with Crippen molar-refractivity contribution in [1.29, 1.82) is 0 Å². The Morgan fingerprint density at radius 3 is 1.69 bits per heavy atom. The van der Waals surface area contributed by atoms with Crippen LogP contribution in [0.4, 0.5) is 0 Å². The summed E-state index contributed by atoms with van der Waals surface area (Å²) in [6.45, 7) is 0. The molecule has 48 heavy (non-hydrogen) atoms. The lowest BCUT2D eigenvalue weighted by atomic mass is 9.41. The smallest absolute Gasteiger partial charge is 0.0582 e. The van der Waals surface area contributed by atoms with Crippen LogP contribution in [0.2, 0.25) is 0 Å². The van der Waals surface area contributed by atoms with E-state index in [2.05, 4.69) is 143 Å². The molecule has 0 radical (unpaired) electrons. The van der Waals surface area contributed by atoms with Crippen molar-refractivity contribution in [3.63, 3.8) is 0 Å². The Bertz CT molecular complexity index is 2570. The molecule has 2 aromatic heterocycles. The van der Waals surface area contributed by atoms with Crippen LogP contribution >= 0.6 is 0 Å². The number of hydrogen-bond donors (Lipinski definition) is 0. The van der Waals surface area contributed by atoms with E-state index in [0.29, 0.717) is 0 Å². The maximum atomic E-state index is 2.65. The highest BCUT2D eigenvalue weighted by Crippen LogP contribution is 2.68. The van der Waals surface area contributed by atoms with Gasteiger partial charge in [-0.1, -0.05) is 103 Å². The Morgan fingerprint density at radius 2 is 1.00 bits per heavy atom. The van der Waals surface area contributed by atoms with Crippen LogP contribution in [0.3, 0.4) is 0 Å². The Labute approximate surface area is 280 Å². The number of nitrogens with zero attached hydrogens (tertiary/aromatic N) is 2. The molecule has 5 aliphatic rings. The van der Waals surface area contributed by atoms with Gasteiger partial charge in [-0.15, -0.1) is 0 Å². The first-order chi connectivity index (χ1) is 23.8. The molecule has 0 saturated heterocycles. The van der Waals surface area contributed by atoms with Gasteiger partial charge in [-0.05, 0) is 103 Å². The van der Waals surface area contributed by atoms with Gasteiger partial charge in [-0.25, -0.2) is 0 Å². The fourth-order valence-electron chi connectivity index (χ4n) is 11.9. The van der Waals surface area contributed by atoms with Crippen LogP contribution in [0.5, 0.6) is 0 Å². The second kappa shape index (κ2) is 9.08. The van der Waals surface area contributed by atoms with E-state index < -0.39 is 0 Å². The molecule has 0 N–H and O–H groups in total. The summed E-state index contributed by atoms with van der Waals surface area (Å²) in [6.07, 6.45) is 7.03. The summed E-state index contributed by atoms with van der Waals surface area (Å²) in [5, 5.41) is 5.39. The molecule has 4 fully saturated rings. The zero-order valence-electron chi connectivity index (χ0n) is 26.9. The average Bonchev–Trinajstić information content (AvgIpc) is 3.65. The number of aromatic nitrogens is 2. The first-order valence-corrected chi connectivity index (χ1v) is 18.0. The molecule has 4 aliphatic carbocycles. The molecular formula is C46H36N2. The first-order valence-electron chi connectivity index (χ1n) is 18.0. The quantitative estimate of drug-likeness (QED) is 0.183. The third-order valence-corrected chi connectivity index (χ3v) is 13.3. The van der Waals surface area contributed by atoms with Crippen LogP contribution < -0.4 is 0 Å². The summed E-state index contributed by atoms with van der Waals surface area (Å²) in [5.41, 5.74) is 13.8. The lowest BCUT2D eigenvalue weighted by Crippen LogP contribution is -2.57. The molecule has 1 spiro atoms. The van der Waals surface area contributed by atoms with E-state index >= 15 is 0 Å². The monoisotopic (exact) mass is 616 g/mol. The third-order valence-electron chi connectivity index (χ3n) is 13.3. The molecule has 4 bridgehead atoms. The van der Waals surface area contributed by atoms with E-state index in [-0.39, 0.29) is 5.41 Å². The molecule has 1 aliphatic heterocycles. The molecule has 8 aromatic rings. The van der Waals surface area contributed by atoms with Gasteiger partial charge in [0.25, 0.3) is 0 Å². The van der Waals surface area contributed by atoms with Gasteiger partial charge in [-0.3, -0.25) is 0 Å². The van der Waals surface area contributed by atoms with E-state index in [0.717, 1.165) is 23.7 Å². The lowest BCUT2D eigenvalue weighted by Gasteiger charge is -2.63. The van der Waals surface area contributed by atoms with Crippen molar-refractivity contribution in [2.45, 2.75) is 37.5 Å². The second-order valence-corrected chi connectivity index (χ2v) is 15.3. The zero-order chi connectivity index (χ0) is 31.1. The summed E-state index contributed by atoms with van der Waals surface area (Å²) < 4.78 is 5.13. The zero-order valence-corrected chi connectivity index (χ0v) is 26.9. The van der Waals surface area contributed by atoms with Crippen LogP contribution in [0.1, 0.15) is 43.2 Å². The van der Waals surface area contributed by atoms with Crippen molar-refractivity contribution in [3.05, 3.63) is 145 Å². The highest BCUT2D eigenvalue weighted by atomic mass is 15.0. The highest BCUT2D eigenvalue weighted by Gasteiger charge is 2.61. The van der Waals surface area contributed by atoms with Gasteiger partial charge < -0.3 is 9.13 Å². The number of fused-ring (bicyclic) bond motifs is 8. The van der Waals surface area contributed by atoms with Crippen molar-refractivity contribution < 1.29 is 0 Å². The number of rotatable bonds is 2. The molecule has 2 nitrogen and oxygen atoms in total. The van der Waals surface area contributed by atoms with Crippen LogP contribution in [-0.2, 0) is 5.41 Å². The Hall–Kier alpha value is -5.08. The maximum Gasteiger partial charge on any atom is 0.0582 e. The van der Waals surface area contributed by atoms with Crippen molar-refractivity contribution in [1.82, 2.24) is 9.13 Å². The van der Waals surface area contributed by atoms with Gasteiger partial charge >= 0.3 is 0 Å². The Balaban J connectivity index is 1.17. The van der Waals surface area contributed by atoms with Crippen molar-refractivity contribution in [2.24, 2.45) is 23.7 Å². The highest BCUT2D eigenvalue weighted by molar-refractivity contribution is 6.12. The van der Waals surface area contributed by atoms with E-state index in [9.17, 15) is 0 Å². The van der Waals surface area contributed by atoms with Gasteiger partial charge in [-0.2, -0.15) is 0 Å². The van der Waals surface area contributed by atoms with Gasteiger partial charge in [0.1, 0.15) is 0 Å². The van der Waals surface area contributed by atoms with E-state index in [1.165, 1.54) is 98.2 Å². The minimum Gasteiger partial charge on any atom is -0.309 e. The molecule has 3 heterocycles. The molecular weight excluding hydrogens is 581 g/mol. The largest absolute Gasteiger partial charge is 0.309 e. The van der Waals surface area contributed by atoms with Crippen LogP contribution in [0, 0.1) is 23.7 Å². The summed E-state index contributed by atoms with van der Waals surface area (Å²) in [6, 6.07) is 50.8. The maximum absolute atomic E-state index is 2.65. The van der Waals surface area contributed by atoms with Crippen molar-refractivity contribution >= 4 is 43.6 Å². The van der Waals surface area contributed by atoms with Gasteiger partial charge in [0.15, 0.2) is 0 Å². The minimum absolute atomic E-state index is 0.0948. The van der Waals surface area contributed by atoms with Crippen molar-refractivity contribution in [2.75, 3.05) is 0 Å². The Kier molecular flexibility index (Phi) is 4.91. The van der Waals surface area contributed by atoms with Crippen LogP contribution in [0.25, 0.3) is 66.1 Å². The van der Waals surface area contributed by atoms with E-state index in [4.69, 9.17) is 0 Å². The lowest BCUT2D eigenvalue weighted by molar-refractivity contribution is -0.0418. The summed E-state index contributed by atoms with van der Waals surface area (Å²) in [7, 11) is 0. The molecule has 6 aromatic carbocycles. The number of benzene rings is 6. The predicted octanol–water partition coefficient (Wildman–Crippen LogP) is 11.6. The first kappa shape index (κ1) is 25.9. The summed E-state index contributed by atoms with van der Waals surface area (Å²) in [4.78, 5) is 0. The average molecular weight is 617 g/mol. The molecule has 13 rings (SSSR count). The van der Waals surface area contributed by atoms with E-state index in [1.54, 1.807) is 11.1 Å². The molecule has 0 atom stereocenters. The van der Waals surface area contributed by atoms with Gasteiger partial charge in [0.05, 0.1) is 33.4 Å². The summed E-state index contributed by atoms with van der Waals surface area (Å²) in [5.74, 6) is 3.29. The topological polar surface area (TPSA) is 9.86 Å². The standard InChI is InChI=1S/C46H36N2/c1-5-16-40(47-41-17-6-2-11-34(41)35-12-3-7-18-42(35)47)33(10-1)30-20-21-38-44(27-30)48-43-19-8-4-13-36(43)37-14-9-15-39(45(37)48)46(38)31-23-28-22-29(25-31)26-32(46)24-28/h1-21,27-29,31-32H,22-26H2. The number of hydrogen-bond acceptors (Lipinski definition) is 0. The predicted molar refractivity (Wildman–Crippen MR) is 198 cm³/mol. The SMILES string of the molecule is c1ccc(-n2c3ccccc3c3ccccc32)c(-c2ccc3c(c2)-n2c4ccccc4c4cccc(c42)C32C3CC4CC(C3)CC2C4)c1. The molecule has 0 unspecified atom stereocenters. The van der Waals surface area contributed by atoms with Crippen LogP contribution in [0.15, 0.2) is 133 Å². The fourth-order valence-corrected chi connectivity index (χ4v) is 11.9. The molecule has 2 heteroatoms. The Morgan fingerprint density at radius 1 is 0.438 bits per heavy atom. The van der Waals surface area contributed by atoms with Crippen molar-refractivity contribution in [3.8, 4) is 22.5 Å². The fraction of sp³-hybridized carbons (Fsp3) is 0.217. The van der Waals surface area contributed by atoms with Gasteiger partial charge in [0.2, 0.25) is 0 Å². The molecule has 4 saturated carbocycles. The number of para-hydroxylation sites is 5. The molecule has 230 valence electrons. The third kappa shape index (κ3) is 3.06.